The Balaban J connectivity index is 2.40. The van der Waals surface area contributed by atoms with E-state index in [1.807, 2.05) is 30.3 Å². The number of nitrogens with zero attached hydrogens (tertiary/aromatic N) is 3. The normalized spacial score (nSPS) is 15.4. The first-order valence-corrected chi connectivity index (χ1v) is 19.8. The second-order valence-corrected chi connectivity index (χ2v) is 21.8. The second-order valence-electron chi connectivity index (χ2n) is 17.1. The number of anilines is 2. The van der Waals surface area contributed by atoms with Crippen molar-refractivity contribution in [3.8, 4) is 11.8 Å². The summed E-state index contributed by atoms with van der Waals surface area (Å²) < 4.78 is 30.4. The Morgan fingerprint density at radius 2 is 1.38 bits per heavy atom. The first-order valence-electron chi connectivity index (χ1n) is 16.9. The van der Waals surface area contributed by atoms with Crippen molar-refractivity contribution in [1.82, 2.24) is 0 Å². The van der Waals surface area contributed by atoms with E-state index in [0.717, 1.165) is 5.56 Å². The molecule has 0 aliphatic carbocycles. The third-order valence-corrected chi connectivity index (χ3v) is 12.6. The molecule has 1 aliphatic rings. The molecule has 0 bridgehead atoms. The summed E-state index contributed by atoms with van der Waals surface area (Å²) >= 11 is 0. The molecule has 50 heavy (non-hydrogen) atoms. The van der Waals surface area contributed by atoms with Crippen molar-refractivity contribution in [3.05, 3.63) is 53.1 Å². The molecule has 3 amide bonds. The van der Waals surface area contributed by atoms with Crippen LogP contribution in [-0.4, -0.2) is 56.0 Å². The molecule has 12 heteroatoms. The van der Waals surface area contributed by atoms with Crippen molar-refractivity contribution in [1.29, 1.82) is 5.26 Å². The molecule has 274 valence electrons. The van der Waals surface area contributed by atoms with Gasteiger partial charge in [-0.25, -0.2) is 14.4 Å². The minimum Gasteiger partial charge on any atom is -0.487 e. The Bertz CT molecular complexity index is 1580. The van der Waals surface area contributed by atoms with Crippen LogP contribution in [0.15, 0.2) is 36.4 Å². The van der Waals surface area contributed by atoms with Crippen molar-refractivity contribution in [2.75, 3.05) is 16.3 Å². The zero-order valence-corrected chi connectivity index (χ0v) is 33.3. The molecular formula is C38H55N3O8Si. The van der Waals surface area contributed by atoms with E-state index in [9.17, 15) is 19.6 Å². The van der Waals surface area contributed by atoms with E-state index >= 15 is 0 Å². The van der Waals surface area contributed by atoms with E-state index in [1.165, 1.54) is 4.90 Å². The molecule has 2 aromatic carbocycles. The lowest BCUT2D eigenvalue weighted by molar-refractivity contribution is 0.0426. The van der Waals surface area contributed by atoms with Gasteiger partial charge in [0.2, 0.25) is 0 Å². The summed E-state index contributed by atoms with van der Waals surface area (Å²) in [4.78, 5) is 44.0. The van der Waals surface area contributed by atoms with Gasteiger partial charge in [-0.05, 0) is 91.6 Å². The zero-order chi connectivity index (χ0) is 38.0. The van der Waals surface area contributed by atoms with Crippen molar-refractivity contribution in [3.63, 3.8) is 0 Å². The van der Waals surface area contributed by atoms with Crippen LogP contribution in [0.1, 0.15) is 99.8 Å². The Morgan fingerprint density at radius 3 is 1.84 bits per heavy atom. The van der Waals surface area contributed by atoms with E-state index in [4.69, 9.17) is 23.4 Å². The van der Waals surface area contributed by atoms with Gasteiger partial charge in [-0.3, -0.25) is 4.90 Å². The topological polar surface area (TPSA) is 128 Å². The fraction of sp³-hybridized carbons (Fsp3) is 0.579. The average Bonchev–Trinajstić information content (AvgIpc) is 2.92. The van der Waals surface area contributed by atoms with Crippen LogP contribution in [0.3, 0.4) is 0 Å². The highest BCUT2D eigenvalue weighted by atomic mass is 28.4. The first kappa shape index (κ1) is 40.3. The molecule has 0 aromatic heterocycles. The predicted molar refractivity (Wildman–Crippen MR) is 196 cm³/mol. The molecule has 0 spiro atoms. The smallest absolute Gasteiger partial charge is 0.424 e. The number of amides is 3. The molecule has 0 unspecified atom stereocenters. The summed E-state index contributed by atoms with van der Waals surface area (Å²) in [5, 5.41) is 10.8. The number of ether oxygens (including phenoxy) is 4. The van der Waals surface area contributed by atoms with Crippen molar-refractivity contribution in [2.24, 2.45) is 0 Å². The highest BCUT2D eigenvalue weighted by Crippen LogP contribution is 2.46. The largest absolute Gasteiger partial charge is 0.487 e. The molecule has 0 saturated carbocycles. The SMILES string of the molecule is CC(C)(C)OC(=O)N1C[C@@H](O[Si](C)(C)C(C)(C)C)Cc2c1cc(OCc1ccccc1)c(N(C(=O)OC(C)(C)C)C(=O)OC(C)(C)C)c2C#N. The molecule has 1 atom stereocenters. The van der Waals surface area contributed by atoms with Crippen LogP contribution in [0.5, 0.6) is 5.75 Å². The van der Waals surface area contributed by atoms with Gasteiger partial charge in [-0.1, -0.05) is 51.1 Å². The number of hydrogen-bond donors (Lipinski definition) is 0. The van der Waals surface area contributed by atoms with Gasteiger partial charge in [0.05, 0.1) is 23.9 Å². The summed E-state index contributed by atoms with van der Waals surface area (Å²) in [6.45, 7) is 26.1. The van der Waals surface area contributed by atoms with E-state index in [0.29, 0.717) is 16.2 Å². The Kier molecular flexibility index (Phi) is 11.8. The summed E-state index contributed by atoms with van der Waals surface area (Å²) in [6.07, 6.45) is -3.05. The molecule has 0 fully saturated rings. The monoisotopic (exact) mass is 709 g/mol. The van der Waals surface area contributed by atoms with Gasteiger partial charge >= 0.3 is 18.3 Å². The van der Waals surface area contributed by atoms with Crippen molar-refractivity contribution < 1.29 is 37.8 Å². The molecule has 0 radical (unpaired) electrons. The maximum atomic E-state index is 14.0. The number of nitriles is 1. The highest BCUT2D eigenvalue weighted by molar-refractivity contribution is 6.74. The number of rotatable bonds is 6. The highest BCUT2D eigenvalue weighted by Gasteiger charge is 2.44. The van der Waals surface area contributed by atoms with Crippen LogP contribution < -0.4 is 14.5 Å². The fourth-order valence-electron chi connectivity index (χ4n) is 4.94. The third-order valence-electron chi connectivity index (χ3n) is 8.06. The second kappa shape index (κ2) is 14.6. The molecule has 0 N–H and O–H groups in total. The third kappa shape index (κ3) is 10.5. The Labute approximate surface area is 298 Å². The van der Waals surface area contributed by atoms with Gasteiger partial charge in [-0.15, -0.1) is 0 Å². The zero-order valence-electron chi connectivity index (χ0n) is 32.3. The number of imide groups is 1. The van der Waals surface area contributed by atoms with E-state index in [1.54, 1.807) is 68.4 Å². The van der Waals surface area contributed by atoms with E-state index < -0.39 is 49.5 Å². The van der Waals surface area contributed by atoms with Gasteiger partial charge in [-0.2, -0.15) is 10.2 Å². The van der Waals surface area contributed by atoms with Crippen LogP contribution in [0.4, 0.5) is 25.8 Å². The van der Waals surface area contributed by atoms with Crippen LogP contribution in [0.25, 0.3) is 0 Å². The number of carbonyl (C=O) groups excluding carboxylic acids is 3. The van der Waals surface area contributed by atoms with Gasteiger partial charge in [0.15, 0.2) is 8.32 Å². The van der Waals surface area contributed by atoms with Gasteiger partial charge in [0.1, 0.15) is 40.9 Å². The van der Waals surface area contributed by atoms with Crippen molar-refractivity contribution >= 4 is 38.0 Å². The Morgan fingerprint density at radius 1 is 0.860 bits per heavy atom. The molecule has 3 rings (SSSR count). The molecule has 2 aromatic rings. The van der Waals surface area contributed by atoms with Crippen molar-refractivity contribution in [2.45, 2.75) is 137 Å². The quantitative estimate of drug-likeness (QED) is 0.213. The maximum Gasteiger partial charge on any atom is 0.424 e. The van der Waals surface area contributed by atoms with Crippen LogP contribution in [0.2, 0.25) is 18.1 Å². The summed E-state index contributed by atoms with van der Waals surface area (Å²) in [5.74, 6) is -0.00167. The lowest BCUT2D eigenvalue weighted by atomic mass is 9.93. The van der Waals surface area contributed by atoms with Crippen LogP contribution >= 0.6 is 0 Å². The number of benzene rings is 2. The summed E-state index contributed by atoms with van der Waals surface area (Å²) in [6, 6.07) is 13.1. The first-order chi connectivity index (χ1) is 22.7. The predicted octanol–water partition coefficient (Wildman–Crippen LogP) is 9.50. The molecule has 1 aliphatic heterocycles. The molecular weight excluding hydrogens is 655 g/mol. The standard InChI is InChI=1S/C38H55N3O8Si/c1-35(2,3)46-32(42)40-23-26(49-50(13,14)38(10,11)12)20-27-28(22-39)31(30(21-29(27)40)45-24-25-18-16-15-17-19-25)41(33(43)47-36(4,5)6)34(44)48-37(7,8)9/h15-19,21,26H,20,23-24H2,1-14H3/t26-/m0/s1. The molecule has 1 heterocycles. The fourth-order valence-corrected chi connectivity index (χ4v) is 6.28. The Hall–Kier alpha value is -4.08. The van der Waals surface area contributed by atoms with Crippen LogP contribution in [-0.2, 0) is 31.7 Å². The lowest BCUT2D eigenvalue weighted by Crippen LogP contribution is -2.52. The van der Waals surface area contributed by atoms with Crippen LogP contribution in [0, 0.1) is 11.3 Å². The van der Waals surface area contributed by atoms with Gasteiger partial charge in [0, 0.05) is 12.5 Å². The number of carbonyl (C=O) groups is 3. The number of hydrogen-bond acceptors (Lipinski definition) is 9. The van der Waals surface area contributed by atoms with E-state index in [-0.39, 0.29) is 41.6 Å². The minimum absolute atomic E-state index is 0.00167. The minimum atomic E-state index is -2.38. The van der Waals surface area contributed by atoms with E-state index in [2.05, 4.69) is 39.9 Å². The molecule has 11 nitrogen and oxygen atoms in total. The summed E-state index contributed by atoms with van der Waals surface area (Å²) in [7, 11) is -2.38. The summed E-state index contributed by atoms with van der Waals surface area (Å²) in [5.41, 5.74) is -1.49. The molecule has 0 saturated heterocycles. The van der Waals surface area contributed by atoms with Gasteiger partial charge < -0.3 is 23.4 Å². The number of fused-ring (bicyclic) bond motifs is 1. The lowest BCUT2D eigenvalue weighted by Gasteiger charge is -2.43. The van der Waals surface area contributed by atoms with Gasteiger partial charge in [0.25, 0.3) is 0 Å². The maximum absolute atomic E-state index is 14.0. The average molecular weight is 710 g/mol.